The maximum atomic E-state index is 12.2. The largest absolute Gasteiger partial charge is 0.344 e. The van der Waals surface area contributed by atoms with Crippen molar-refractivity contribution in [2.24, 2.45) is 0 Å². The summed E-state index contributed by atoms with van der Waals surface area (Å²) >= 11 is 0. The molecule has 5 rings (SSSR count). The molecule has 0 saturated carbocycles. The van der Waals surface area contributed by atoms with Crippen molar-refractivity contribution in [1.82, 2.24) is 20.2 Å². The van der Waals surface area contributed by atoms with E-state index < -0.39 is 0 Å². The third-order valence-corrected chi connectivity index (χ3v) is 6.17. The van der Waals surface area contributed by atoms with Crippen LogP contribution >= 0.6 is 0 Å². The summed E-state index contributed by atoms with van der Waals surface area (Å²) in [7, 11) is 1.81. The lowest BCUT2D eigenvalue weighted by Crippen LogP contribution is -2.34. The topological polar surface area (TPSA) is 75.1 Å². The van der Waals surface area contributed by atoms with Gasteiger partial charge in [0.15, 0.2) is 11.6 Å². The molecule has 0 N–H and O–H groups in total. The number of fused-ring (bicyclic) bond motifs is 2. The Bertz CT molecular complexity index is 1130. The molecule has 7 heteroatoms. The first-order valence-electron chi connectivity index (χ1n) is 10.2. The van der Waals surface area contributed by atoms with E-state index in [0.29, 0.717) is 12.8 Å². The summed E-state index contributed by atoms with van der Waals surface area (Å²) in [6.45, 7) is 4.90. The number of benzene rings is 1. The molecule has 0 aliphatic carbocycles. The Morgan fingerprint density at radius 1 is 0.966 bits per heavy atom. The molecule has 148 valence electrons. The van der Waals surface area contributed by atoms with Gasteiger partial charge in [0.25, 0.3) is 0 Å². The van der Waals surface area contributed by atoms with Crippen molar-refractivity contribution >= 4 is 28.3 Å². The van der Waals surface area contributed by atoms with Gasteiger partial charge in [0.05, 0.1) is 11.7 Å². The lowest BCUT2D eigenvalue weighted by Gasteiger charge is -2.29. The normalized spacial score (nSPS) is 19.1. The van der Waals surface area contributed by atoms with E-state index in [9.17, 15) is 4.79 Å². The average Bonchev–Trinajstić information content (AvgIpc) is 3.21. The Kier molecular flexibility index (Phi) is 4.19. The second-order valence-electron chi connectivity index (χ2n) is 7.93. The summed E-state index contributed by atoms with van der Waals surface area (Å²) in [5.41, 5.74) is 2.98. The number of aryl methyl sites for hydroxylation is 2. The lowest BCUT2D eigenvalue weighted by atomic mass is 10.0. The van der Waals surface area contributed by atoms with Crippen LogP contribution in [0.15, 0.2) is 24.3 Å². The summed E-state index contributed by atoms with van der Waals surface area (Å²) in [5, 5.41) is 11.2. The molecule has 4 heterocycles. The van der Waals surface area contributed by atoms with Gasteiger partial charge >= 0.3 is 0 Å². The number of nitrogens with zero attached hydrogens (tertiary/aromatic N) is 6. The molecule has 7 nitrogen and oxygen atoms in total. The van der Waals surface area contributed by atoms with Crippen LogP contribution in [0, 0.1) is 13.8 Å². The smallest absolute Gasteiger partial charge is 0.228 e. The lowest BCUT2D eigenvalue weighted by molar-refractivity contribution is -0.118. The van der Waals surface area contributed by atoms with Crippen molar-refractivity contribution in [2.75, 3.05) is 23.4 Å². The average molecular weight is 388 g/mol. The zero-order valence-electron chi connectivity index (χ0n) is 17.0. The third kappa shape index (κ3) is 2.84. The molecule has 2 aliphatic heterocycles. The van der Waals surface area contributed by atoms with E-state index >= 15 is 0 Å². The number of carbonyl (C=O) groups excluding carboxylic acids is 1. The Balaban J connectivity index is 1.60. The van der Waals surface area contributed by atoms with Crippen LogP contribution in [0.4, 0.5) is 11.6 Å². The number of hydrogen-bond acceptors (Lipinski definition) is 6. The summed E-state index contributed by atoms with van der Waals surface area (Å²) in [5.74, 6) is 2.53. The van der Waals surface area contributed by atoms with Crippen molar-refractivity contribution in [3.05, 3.63) is 47.0 Å². The molecule has 3 aromatic rings. The first-order valence-corrected chi connectivity index (χ1v) is 10.2. The summed E-state index contributed by atoms with van der Waals surface area (Å²) in [6, 6.07) is 8.30. The van der Waals surface area contributed by atoms with E-state index in [1.807, 2.05) is 33.0 Å². The minimum Gasteiger partial charge on any atom is -0.344 e. The molecular formula is C22H24N6O. The predicted octanol–water partition coefficient (Wildman–Crippen LogP) is 3.29. The fourth-order valence-corrected chi connectivity index (χ4v) is 4.56. The quantitative estimate of drug-likeness (QED) is 0.671. The van der Waals surface area contributed by atoms with Gasteiger partial charge in [0, 0.05) is 42.0 Å². The number of aromatic nitrogens is 4. The molecular weight excluding hydrogens is 364 g/mol. The number of amides is 1. The first kappa shape index (κ1) is 18.0. The van der Waals surface area contributed by atoms with Crippen molar-refractivity contribution in [3.8, 4) is 0 Å². The predicted molar refractivity (Wildman–Crippen MR) is 112 cm³/mol. The number of anilines is 2. The highest BCUT2D eigenvalue weighted by atomic mass is 16.2. The van der Waals surface area contributed by atoms with Crippen molar-refractivity contribution in [3.63, 3.8) is 0 Å². The highest BCUT2D eigenvalue weighted by molar-refractivity contribution is 5.95. The first-order chi connectivity index (χ1) is 14.0. The van der Waals surface area contributed by atoms with Crippen LogP contribution in [-0.2, 0) is 11.2 Å². The summed E-state index contributed by atoms with van der Waals surface area (Å²) in [6.07, 6.45) is 3.24. The minimum atomic E-state index is 0.0323. The molecule has 1 atom stereocenters. The van der Waals surface area contributed by atoms with Gasteiger partial charge in [-0.1, -0.05) is 24.3 Å². The van der Waals surface area contributed by atoms with Crippen LogP contribution < -0.4 is 9.80 Å². The summed E-state index contributed by atoms with van der Waals surface area (Å²) < 4.78 is 0. The minimum absolute atomic E-state index is 0.0323. The van der Waals surface area contributed by atoms with E-state index in [2.05, 4.69) is 27.2 Å². The van der Waals surface area contributed by atoms with E-state index in [4.69, 9.17) is 9.97 Å². The SMILES string of the molecule is Cc1nc([C@H]2CCCN2c2nnc(C)c3ccccc23)nc2c1CCC(=O)N2C. The Morgan fingerprint density at radius 2 is 1.76 bits per heavy atom. The zero-order chi connectivity index (χ0) is 20.1. The van der Waals surface area contributed by atoms with Crippen LogP contribution in [-0.4, -0.2) is 39.7 Å². The number of hydrogen-bond donors (Lipinski definition) is 0. The molecule has 1 fully saturated rings. The van der Waals surface area contributed by atoms with Gasteiger partial charge in [-0.05, 0) is 33.1 Å². The Morgan fingerprint density at radius 3 is 2.59 bits per heavy atom. The molecule has 1 aromatic carbocycles. The van der Waals surface area contributed by atoms with Crippen LogP contribution in [0.25, 0.3) is 10.8 Å². The number of rotatable bonds is 2. The Labute approximate surface area is 169 Å². The third-order valence-electron chi connectivity index (χ3n) is 6.17. The van der Waals surface area contributed by atoms with Gasteiger partial charge in [0.2, 0.25) is 5.91 Å². The van der Waals surface area contributed by atoms with Crippen molar-refractivity contribution in [1.29, 1.82) is 0 Å². The molecule has 1 amide bonds. The maximum Gasteiger partial charge on any atom is 0.228 e. The van der Waals surface area contributed by atoms with Crippen LogP contribution in [0.5, 0.6) is 0 Å². The standard InChI is InChI=1S/C22H24N6O/c1-13-16-10-11-19(29)27(3)21(16)24-20(23-13)18-9-6-12-28(18)22-17-8-5-4-7-15(17)14(2)25-26-22/h4-5,7-8,18H,6,9-12H2,1-3H3/t18-/m1/s1. The van der Waals surface area contributed by atoms with Gasteiger partial charge in [-0.25, -0.2) is 9.97 Å². The summed E-state index contributed by atoms with van der Waals surface area (Å²) in [4.78, 5) is 25.9. The molecule has 0 unspecified atom stereocenters. The molecule has 0 radical (unpaired) electrons. The maximum absolute atomic E-state index is 12.2. The fourth-order valence-electron chi connectivity index (χ4n) is 4.56. The fraction of sp³-hybridized carbons (Fsp3) is 0.409. The van der Waals surface area contributed by atoms with Crippen molar-refractivity contribution in [2.45, 2.75) is 45.6 Å². The van der Waals surface area contributed by atoms with Gasteiger partial charge in [-0.15, -0.1) is 5.10 Å². The molecule has 29 heavy (non-hydrogen) atoms. The Hall–Kier alpha value is -3.09. The van der Waals surface area contributed by atoms with Crippen LogP contribution in [0.3, 0.4) is 0 Å². The van der Waals surface area contributed by atoms with E-state index in [0.717, 1.165) is 64.6 Å². The second kappa shape index (κ2) is 6.76. The number of carbonyl (C=O) groups is 1. The highest BCUT2D eigenvalue weighted by Crippen LogP contribution is 2.38. The van der Waals surface area contributed by atoms with Crippen molar-refractivity contribution < 1.29 is 4.79 Å². The monoisotopic (exact) mass is 388 g/mol. The van der Waals surface area contributed by atoms with E-state index in [1.165, 1.54) is 0 Å². The van der Waals surface area contributed by atoms with Gasteiger partial charge in [-0.3, -0.25) is 9.69 Å². The molecule has 1 saturated heterocycles. The second-order valence-corrected chi connectivity index (χ2v) is 7.93. The van der Waals surface area contributed by atoms with Crippen LogP contribution in [0.1, 0.15) is 48.1 Å². The van der Waals surface area contributed by atoms with Crippen LogP contribution in [0.2, 0.25) is 0 Å². The van der Waals surface area contributed by atoms with Gasteiger partial charge in [0.1, 0.15) is 5.82 Å². The van der Waals surface area contributed by atoms with Gasteiger partial charge in [-0.2, -0.15) is 5.10 Å². The van der Waals surface area contributed by atoms with E-state index in [1.54, 1.807) is 4.90 Å². The molecule has 0 bridgehead atoms. The molecule has 2 aliphatic rings. The molecule has 0 spiro atoms. The molecule has 2 aromatic heterocycles. The van der Waals surface area contributed by atoms with Gasteiger partial charge < -0.3 is 4.90 Å². The highest BCUT2D eigenvalue weighted by Gasteiger charge is 2.33. The zero-order valence-corrected chi connectivity index (χ0v) is 17.0. The van der Waals surface area contributed by atoms with E-state index in [-0.39, 0.29) is 11.9 Å².